The van der Waals surface area contributed by atoms with Crippen molar-refractivity contribution in [3.05, 3.63) is 70.7 Å². The van der Waals surface area contributed by atoms with E-state index in [9.17, 15) is 4.79 Å². The van der Waals surface area contributed by atoms with E-state index in [1.54, 1.807) is 11.8 Å². The minimum absolute atomic E-state index is 0.0867. The van der Waals surface area contributed by atoms with E-state index in [1.165, 1.54) is 5.56 Å². The number of thioether (sulfide) groups is 1. The molecule has 0 spiro atoms. The van der Waals surface area contributed by atoms with Gasteiger partial charge in [-0.25, -0.2) is 5.43 Å². The highest BCUT2D eigenvalue weighted by Crippen LogP contribution is 2.15. The van der Waals surface area contributed by atoms with Gasteiger partial charge in [-0.05, 0) is 30.2 Å². The quantitative estimate of drug-likeness (QED) is 0.599. The van der Waals surface area contributed by atoms with Gasteiger partial charge in [-0.15, -0.1) is 11.8 Å². The van der Waals surface area contributed by atoms with Crippen molar-refractivity contribution in [3.8, 4) is 0 Å². The second kappa shape index (κ2) is 9.38. The van der Waals surface area contributed by atoms with E-state index in [0.717, 1.165) is 28.5 Å². The molecule has 0 aliphatic carbocycles. The van der Waals surface area contributed by atoms with Gasteiger partial charge in [0.1, 0.15) is 0 Å². The third-order valence-corrected chi connectivity index (χ3v) is 4.35. The SMILES string of the molecule is C/C(Cc1ccccc1)=N/NC(=O)CSCc1ccc(Cl)cc1. The van der Waals surface area contributed by atoms with Gasteiger partial charge in [0.05, 0.1) is 5.75 Å². The molecular formula is C18H19ClN2OS. The summed E-state index contributed by atoms with van der Waals surface area (Å²) in [5.41, 5.74) is 5.82. The molecule has 0 heterocycles. The molecule has 0 radical (unpaired) electrons. The van der Waals surface area contributed by atoms with E-state index >= 15 is 0 Å². The van der Waals surface area contributed by atoms with Gasteiger partial charge in [-0.3, -0.25) is 4.79 Å². The predicted molar refractivity (Wildman–Crippen MR) is 99.0 cm³/mol. The van der Waals surface area contributed by atoms with Crippen LogP contribution in [-0.2, 0) is 17.0 Å². The van der Waals surface area contributed by atoms with Gasteiger partial charge in [0.15, 0.2) is 0 Å². The number of hydrazone groups is 1. The van der Waals surface area contributed by atoms with E-state index < -0.39 is 0 Å². The van der Waals surface area contributed by atoms with E-state index in [2.05, 4.69) is 10.5 Å². The number of hydrogen-bond acceptors (Lipinski definition) is 3. The standard InChI is InChI=1S/C18H19ClN2OS/c1-14(11-15-5-3-2-4-6-15)20-21-18(22)13-23-12-16-7-9-17(19)10-8-16/h2-10H,11-13H2,1H3,(H,21,22)/b20-14-. The van der Waals surface area contributed by atoms with E-state index in [1.807, 2.05) is 61.5 Å². The number of carbonyl (C=O) groups is 1. The van der Waals surface area contributed by atoms with Crippen molar-refractivity contribution in [2.75, 3.05) is 5.75 Å². The average Bonchev–Trinajstić information content (AvgIpc) is 2.56. The highest BCUT2D eigenvalue weighted by Gasteiger charge is 2.02. The molecule has 3 nitrogen and oxygen atoms in total. The summed E-state index contributed by atoms with van der Waals surface area (Å²) in [5, 5.41) is 4.86. The van der Waals surface area contributed by atoms with E-state index in [0.29, 0.717) is 5.75 Å². The van der Waals surface area contributed by atoms with Gasteiger partial charge in [-0.1, -0.05) is 54.1 Å². The van der Waals surface area contributed by atoms with Crippen molar-refractivity contribution >= 4 is 35.0 Å². The van der Waals surface area contributed by atoms with Gasteiger partial charge in [0.25, 0.3) is 0 Å². The molecule has 1 N–H and O–H groups in total. The molecule has 2 aromatic rings. The first-order valence-corrected chi connectivity index (χ1v) is 8.85. The predicted octanol–water partition coefficient (Wildman–Crippen LogP) is 4.31. The van der Waals surface area contributed by atoms with Crippen molar-refractivity contribution in [1.82, 2.24) is 5.43 Å². The fourth-order valence-electron chi connectivity index (χ4n) is 1.96. The fourth-order valence-corrected chi connectivity index (χ4v) is 2.87. The topological polar surface area (TPSA) is 41.5 Å². The van der Waals surface area contributed by atoms with Crippen molar-refractivity contribution in [1.29, 1.82) is 0 Å². The molecular weight excluding hydrogens is 328 g/mol. The number of benzene rings is 2. The number of halogens is 1. The molecule has 0 fully saturated rings. The lowest BCUT2D eigenvalue weighted by molar-refractivity contribution is -0.118. The van der Waals surface area contributed by atoms with Crippen LogP contribution in [0, 0.1) is 0 Å². The molecule has 2 aromatic carbocycles. The first kappa shape index (κ1) is 17.6. The van der Waals surface area contributed by atoms with Crippen LogP contribution in [0.3, 0.4) is 0 Å². The minimum atomic E-state index is -0.0867. The van der Waals surface area contributed by atoms with Gasteiger partial charge in [0, 0.05) is 22.9 Å². The molecule has 2 rings (SSSR count). The number of nitrogens with one attached hydrogen (secondary N) is 1. The maximum Gasteiger partial charge on any atom is 0.250 e. The highest BCUT2D eigenvalue weighted by molar-refractivity contribution is 7.99. The summed E-state index contributed by atoms with van der Waals surface area (Å²) >= 11 is 7.39. The molecule has 0 aliphatic heterocycles. The lowest BCUT2D eigenvalue weighted by Gasteiger charge is -2.04. The largest absolute Gasteiger partial charge is 0.272 e. The van der Waals surface area contributed by atoms with Crippen molar-refractivity contribution in [3.63, 3.8) is 0 Å². The zero-order chi connectivity index (χ0) is 16.5. The number of nitrogens with zero attached hydrogens (tertiary/aromatic N) is 1. The van der Waals surface area contributed by atoms with E-state index in [-0.39, 0.29) is 5.91 Å². The Labute approximate surface area is 146 Å². The Hall–Kier alpha value is -1.78. The van der Waals surface area contributed by atoms with E-state index in [4.69, 9.17) is 11.6 Å². The zero-order valence-corrected chi connectivity index (χ0v) is 14.5. The van der Waals surface area contributed by atoms with Crippen LogP contribution < -0.4 is 5.43 Å². The second-order valence-electron chi connectivity index (χ2n) is 5.16. The van der Waals surface area contributed by atoms with Gasteiger partial charge in [0.2, 0.25) is 5.91 Å². The fraction of sp³-hybridized carbons (Fsp3) is 0.222. The molecule has 23 heavy (non-hydrogen) atoms. The highest BCUT2D eigenvalue weighted by atomic mass is 35.5. The molecule has 0 aromatic heterocycles. The van der Waals surface area contributed by atoms with Crippen LogP contribution in [0.25, 0.3) is 0 Å². The molecule has 120 valence electrons. The number of carbonyl (C=O) groups excluding carboxylic acids is 1. The maximum atomic E-state index is 11.8. The van der Waals surface area contributed by atoms with Crippen molar-refractivity contribution in [2.45, 2.75) is 19.1 Å². The van der Waals surface area contributed by atoms with Crippen molar-refractivity contribution < 1.29 is 4.79 Å². The van der Waals surface area contributed by atoms with Crippen LogP contribution in [0.4, 0.5) is 0 Å². The molecule has 1 amide bonds. The van der Waals surface area contributed by atoms with Gasteiger partial charge < -0.3 is 0 Å². The Morgan fingerprint density at radius 2 is 1.78 bits per heavy atom. The maximum absolute atomic E-state index is 11.8. The molecule has 0 atom stereocenters. The van der Waals surface area contributed by atoms with Gasteiger partial charge in [-0.2, -0.15) is 5.10 Å². The Balaban J connectivity index is 1.70. The summed E-state index contributed by atoms with van der Waals surface area (Å²) in [7, 11) is 0. The molecule has 0 saturated heterocycles. The normalized spacial score (nSPS) is 11.3. The second-order valence-corrected chi connectivity index (χ2v) is 6.59. The zero-order valence-electron chi connectivity index (χ0n) is 13.0. The third kappa shape index (κ3) is 6.89. The summed E-state index contributed by atoms with van der Waals surface area (Å²) in [5.74, 6) is 1.07. The minimum Gasteiger partial charge on any atom is -0.272 e. The molecule has 0 aliphatic rings. The molecule has 0 bridgehead atoms. The number of amides is 1. The Kier molecular flexibility index (Phi) is 7.17. The van der Waals surface area contributed by atoms with Crippen LogP contribution in [-0.4, -0.2) is 17.4 Å². The average molecular weight is 347 g/mol. The Morgan fingerprint density at radius 3 is 2.48 bits per heavy atom. The molecule has 5 heteroatoms. The summed E-state index contributed by atoms with van der Waals surface area (Å²) < 4.78 is 0. The van der Waals surface area contributed by atoms with Gasteiger partial charge >= 0.3 is 0 Å². The van der Waals surface area contributed by atoms with Crippen LogP contribution in [0.1, 0.15) is 18.1 Å². The third-order valence-electron chi connectivity index (χ3n) is 3.09. The monoisotopic (exact) mass is 346 g/mol. The van der Waals surface area contributed by atoms with Crippen LogP contribution in [0.5, 0.6) is 0 Å². The lowest BCUT2D eigenvalue weighted by Crippen LogP contribution is -2.21. The first-order valence-electron chi connectivity index (χ1n) is 7.31. The van der Waals surface area contributed by atoms with Crippen molar-refractivity contribution in [2.24, 2.45) is 5.10 Å². The summed E-state index contributed by atoms with van der Waals surface area (Å²) in [6.07, 6.45) is 0.735. The van der Waals surface area contributed by atoms with Crippen LogP contribution in [0.15, 0.2) is 59.7 Å². The van der Waals surface area contributed by atoms with Crippen LogP contribution >= 0.6 is 23.4 Å². The molecule has 0 saturated carbocycles. The smallest absolute Gasteiger partial charge is 0.250 e. The summed E-state index contributed by atoms with van der Waals surface area (Å²) in [4.78, 5) is 11.8. The first-order chi connectivity index (χ1) is 11.1. The number of hydrogen-bond donors (Lipinski definition) is 1. The number of rotatable bonds is 7. The Bertz CT molecular complexity index is 656. The molecule has 0 unspecified atom stereocenters. The van der Waals surface area contributed by atoms with Crippen LogP contribution in [0.2, 0.25) is 5.02 Å². The lowest BCUT2D eigenvalue weighted by atomic mass is 10.1. The summed E-state index contributed by atoms with van der Waals surface area (Å²) in [6.45, 7) is 1.91. The summed E-state index contributed by atoms with van der Waals surface area (Å²) in [6, 6.07) is 17.7. The Morgan fingerprint density at radius 1 is 1.09 bits per heavy atom.